The quantitative estimate of drug-likeness (QED) is 0.718. The van der Waals surface area contributed by atoms with Crippen molar-refractivity contribution < 1.29 is 4.79 Å². The maximum absolute atomic E-state index is 12.5. The highest BCUT2D eigenvalue weighted by Crippen LogP contribution is 2.40. The van der Waals surface area contributed by atoms with Gasteiger partial charge in [0.2, 0.25) is 5.91 Å². The lowest BCUT2D eigenvalue weighted by molar-refractivity contribution is -0.121. The molecule has 1 saturated carbocycles. The summed E-state index contributed by atoms with van der Waals surface area (Å²) in [6.07, 6.45) is 6.40. The first-order valence-corrected chi connectivity index (χ1v) is 9.94. The van der Waals surface area contributed by atoms with Crippen LogP contribution in [0.4, 0.5) is 0 Å². The molecule has 1 aromatic heterocycles. The van der Waals surface area contributed by atoms with Gasteiger partial charge in [0.1, 0.15) is 0 Å². The van der Waals surface area contributed by atoms with Crippen molar-refractivity contribution in [2.45, 2.75) is 44.1 Å². The van der Waals surface area contributed by atoms with Gasteiger partial charge in [-0.25, -0.2) is 4.98 Å². The van der Waals surface area contributed by atoms with E-state index in [1.807, 2.05) is 24.3 Å². The molecule has 0 radical (unpaired) electrons. The number of carbonyl (C=O) groups excluding carboxylic acids is 1. The molecule has 28 heavy (non-hydrogen) atoms. The van der Waals surface area contributed by atoms with Gasteiger partial charge < -0.3 is 5.32 Å². The van der Waals surface area contributed by atoms with E-state index >= 15 is 0 Å². The van der Waals surface area contributed by atoms with Gasteiger partial charge in [0.15, 0.2) is 0 Å². The molecule has 0 saturated heterocycles. The van der Waals surface area contributed by atoms with Crippen molar-refractivity contribution in [2.24, 2.45) is 0 Å². The van der Waals surface area contributed by atoms with E-state index < -0.39 is 0 Å². The third-order valence-electron chi connectivity index (χ3n) is 5.88. The number of nitrogens with one attached hydrogen (secondary N) is 1. The zero-order chi connectivity index (χ0) is 19.4. The van der Waals surface area contributed by atoms with Gasteiger partial charge >= 0.3 is 0 Å². The van der Waals surface area contributed by atoms with E-state index in [2.05, 4.69) is 34.6 Å². The largest absolute Gasteiger partial charge is 0.355 e. The lowest BCUT2D eigenvalue weighted by Gasteiger charge is -2.30. The second-order valence-electron chi connectivity index (χ2n) is 7.64. The summed E-state index contributed by atoms with van der Waals surface area (Å²) in [6, 6.07) is 17.8. The molecule has 1 heterocycles. The Morgan fingerprint density at radius 2 is 1.75 bits per heavy atom. The minimum absolute atomic E-state index is 0.0257. The Kier molecular flexibility index (Phi) is 5.24. The molecule has 0 bridgehead atoms. The number of amides is 1. The van der Waals surface area contributed by atoms with Gasteiger partial charge in [-0.05, 0) is 30.5 Å². The van der Waals surface area contributed by atoms with Crippen LogP contribution in [0.5, 0.6) is 0 Å². The lowest BCUT2D eigenvalue weighted by Crippen LogP contribution is -2.39. The second kappa shape index (κ2) is 7.97. The summed E-state index contributed by atoms with van der Waals surface area (Å²) >= 11 is 0. The van der Waals surface area contributed by atoms with Crippen LogP contribution in [-0.4, -0.2) is 22.0 Å². The molecule has 5 heteroatoms. The van der Waals surface area contributed by atoms with Crippen molar-refractivity contribution in [2.75, 3.05) is 6.54 Å². The molecule has 0 atom stereocenters. The van der Waals surface area contributed by atoms with Gasteiger partial charge in [0.25, 0.3) is 5.56 Å². The fourth-order valence-electron chi connectivity index (χ4n) is 4.25. The van der Waals surface area contributed by atoms with E-state index in [1.54, 1.807) is 6.07 Å². The van der Waals surface area contributed by atoms with E-state index in [4.69, 9.17) is 0 Å². The van der Waals surface area contributed by atoms with Gasteiger partial charge in [-0.15, -0.1) is 0 Å². The second-order valence-corrected chi connectivity index (χ2v) is 7.64. The first-order valence-electron chi connectivity index (χ1n) is 9.94. The molecular formula is C23H25N3O2. The minimum Gasteiger partial charge on any atom is -0.355 e. The van der Waals surface area contributed by atoms with Gasteiger partial charge in [-0.2, -0.15) is 0 Å². The number of hydrogen-bond donors (Lipinski definition) is 1. The van der Waals surface area contributed by atoms with Crippen molar-refractivity contribution in [3.05, 3.63) is 76.8 Å². The number of para-hydroxylation sites is 1. The summed E-state index contributed by atoms with van der Waals surface area (Å²) in [5.74, 6) is -0.0257. The van der Waals surface area contributed by atoms with Crippen LogP contribution >= 0.6 is 0 Å². The number of aromatic nitrogens is 2. The summed E-state index contributed by atoms with van der Waals surface area (Å²) < 4.78 is 1.52. The predicted octanol–water partition coefficient (Wildman–Crippen LogP) is 3.41. The van der Waals surface area contributed by atoms with Crippen LogP contribution in [0.25, 0.3) is 10.9 Å². The molecule has 0 spiro atoms. The number of fused-ring (bicyclic) bond motifs is 1. The molecule has 144 valence electrons. The summed E-state index contributed by atoms with van der Waals surface area (Å²) in [5.41, 5.74) is 1.93. The zero-order valence-electron chi connectivity index (χ0n) is 15.9. The normalized spacial score (nSPS) is 15.6. The smallest absolute Gasteiger partial charge is 0.261 e. The lowest BCUT2D eigenvalue weighted by atomic mass is 9.79. The maximum atomic E-state index is 12.5. The van der Waals surface area contributed by atoms with E-state index in [0.717, 1.165) is 12.8 Å². The van der Waals surface area contributed by atoms with E-state index in [0.29, 0.717) is 24.0 Å². The molecule has 2 aromatic carbocycles. The Balaban J connectivity index is 1.40. The number of nitrogens with zero attached hydrogens (tertiary/aromatic N) is 2. The average Bonchev–Trinajstić information content (AvgIpc) is 3.23. The Morgan fingerprint density at radius 1 is 1.04 bits per heavy atom. The number of hydrogen-bond acceptors (Lipinski definition) is 3. The van der Waals surface area contributed by atoms with Crippen molar-refractivity contribution in [1.29, 1.82) is 0 Å². The Morgan fingerprint density at radius 3 is 2.54 bits per heavy atom. The molecule has 1 amide bonds. The summed E-state index contributed by atoms with van der Waals surface area (Å²) in [5, 5.41) is 3.70. The predicted molar refractivity (Wildman–Crippen MR) is 110 cm³/mol. The molecule has 4 rings (SSSR count). The first kappa shape index (κ1) is 18.4. The maximum Gasteiger partial charge on any atom is 0.261 e. The zero-order valence-corrected chi connectivity index (χ0v) is 15.9. The molecule has 1 aliphatic rings. The third kappa shape index (κ3) is 3.70. The van der Waals surface area contributed by atoms with E-state index in [9.17, 15) is 9.59 Å². The van der Waals surface area contributed by atoms with Crippen LogP contribution in [0.1, 0.15) is 37.7 Å². The highest BCUT2D eigenvalue weighted by Gasteiger charge is 2.35. The van der Waals surface area contributed by atoms with Crippen LogP contribution in [0.15, 0.2) is 65.7 Å². The molecule has 1 aliphatic carbocycles. The Labute approximate surface area is 164 Å². The van der Waals surface area contributed by atoms with Crippen LogP contribution in [0.2, 0.25) is 0 Å². The van der Waals surface area contributed by atoms with Gasteiger partial charge in [0, 0.05) is 24.9 Å². The Bertz CT molecular complexity index is 1020. The van der Waals surface area contributed by atoms with Crippen molar-refractivity contribution in [3.8, 4) is 0 Å². The number of rotatable bonds is 6. The van der Waals surface area contributed by atoms with E-state index in [1.165, 1.54) is 29.3 Å². The van der Waals surface area contributed by atoms with Gasteiger partial charge in [-0.3, -0.25) is 14.2 Å². The van der Waals surface area contributed by atoms with Crippen LogP contribution < -0.4 is 10.9 Å². The molecule has 5 nitrogen and oxygen atoms in total. The van der Waals surface area contributed by atoms with Crippen LogP contribution in [0.3, 0.4) is 0 Å². The fourth-order valence-corrected chi connectivity index (χ4v) is 4.25. The first-order chi connectivity index (χ1) is 13.7. The third-order valence-corrected chi connectivity index (χ3v) is 5.88. The molecule has 0 aliphatic heterocycles. The summed E-state index contributed by atoms with van der Waals surface area (Å²) in [4.78, 5) is 29.3. The summed E-state index contributed by atoms with van der Waals surface area (Å²) in [6.45, 7) is 0.988. The Hall–Kier alpha value is -2.95. The van der Waals surface area contributed by atoms with Gasteiger partial charge in [0.05, 0.1) is 17.2 Å². The van der Waals surface area contributed by atoms with Gasteiger partial charge in [-0.1, -0.05) is 55.3 Å². The topological polar surface area (TPSA) is 64.0 Å². The minimum atomic E-state index is -0.102. The SMILES string of the molecule is O=C(CCn1cnc2ccccc2c1=O)NCC1(c2ccccc2)CCCC1. The number of benzene rings is 2. The van der Waals surface area contributed by atoms with Crippen molar-refractivity contribution >= 4 is 16.8 Å². The molecule has 1 fully saturated rings. The molecule has 3 aromatic rings. The molecule has 1 N–H and O–H groups in total. The average molecular weight is 375 g/mol. The highest BCUT2D eigenvalue weighted by atomic mass is 16.1. The molecular weight excluding hydrogens is 350 g/mol. The monoisotopic (exact) mass is 375 g/mol. The summed E-state index contributed by atoms with van der Waals surface area (Å²) in [7, 11) is 0. The highest BCUT2D eigenvalue weighted by molar-refractivity contribution is 5.77. The van der Waals surface area contributed by atoms with Crippen LogP contribution in [0, 0.1) is 0 Å². The van der Waals surface area contributed by atoms with Crippen molar-refractivity contribution in [1.82, 2.24) is 14.9 Å². The fraction of sp³-hybridized carbons (Fsp3) is 0.348. The van der Waals surface area contributed by atoms with Crippen molar-refractivity contribution in [3.63, 3.8) is 0 Å². The standard InChI is InChI=1S/C23H25N3O2/c27-21(12-15-26-17-25-20-11-5-4-10-19(20)22(26)28)24-16-23(13-6-7-14-23)18-8-2-1-3-9-18/h1-5,8-11,17H,6-7,12-16H2,(H,24,27). The number of aryl methyl sites for hydroxylation is 1. The van der Waals surface area contributed by atoms with E-state index in [-0.39, 0.29) is 23.3 Å². The van der Waals surface area contributed by atoms with Crippen LogP contribution in [-0.2, 0) is 16.8 Å². The molecule has 0 unspecified atom stereocenters. The number of carbonyl (C=O) groups is 1.